The minimum Gasteiger partial charge on any atom is -0.376 e. The lowest BCUT2D eigenvalue weighted by Gasteiger charge is -2.13. The SMILES string of the molecule is CC(Nc1ccc(Cl)c(Cl)c1)c1nccs1. The zero-order valence-corrected chi connectivity index (χ0v) is 10.9. The van der Waals surface area contributed by atoms with E-state index >= 15 is 0 Å². The second-order valence-electron chi connectivity index (χ2n) is 3.37. The number of anilines is 1. The summed E-state index contributed by atoms with van der Waals surface area (Å²) in [4.78, 5) is 4.25. The highest BCUT2D eigenvalue weighted by Crippen LogP contribution is 2.27. The number of nitrogens with zero attached hydrogens (tertiary/aromatic N) is 1. The summed E-state index contributed by atoms with van der Waals surface area (Å²) in [5.74, 6) is 0. The zero-order chi connectivity index (χ0) is 11.5. The summed E-state index contributed by atoms with van der Waals surface area (Å²) >= 11 is 13.4. The fourth-order valence-electron chi connectivity index (χ4n) is 1.35. The standard InChI is InChI=1S/C11H10Cl2N2S/c1-7(11-14-4-5-16-11)15-8-2-3-9(12)10(13)6-8/h2-7,15H,1H3. The smallest absolute Gasteiger partial charge is 0.115 e. The lowest BCUT2D eigenvalue weighted by atomic mass is 10.2. The molecule has 0 bridgehead atoms. The van der Waals surface area contributed by atoms with Crippen molar-refractivity contribution in [2.24, 2.45) is 0 Å². The molecule has 0 fully saturated rings. The van der Waals surface area contributed by atoms with E-state index < -0.39 is 0 Å². The Hall–Kier alpha value is -0.770. The highest BCUT2D eigenvalue weighted by molar-refractivity contribution is 7.09. The number of aromatic nitrogens is 1. The van der Waals surface area contributed by atoms with Gasteiger partial charge in [-0.2, -0.15) is 0 Å². The van der Waals surface area contributed by atoms with Crippen molar-refractivity contribution in [2.75, 3.05) is 5.32 Å². The zero-order valence-electron chi connectivity index (χ0n) is 8.58. The number of hydrogen-bond donors (Lipinski definition) is 1. The van der Waals surface area contributed by atoms with Gasteiger partial charge in [-0.1, -0.05) is 23.2 Å². The molecule has 0 aliphatic heterocycles. The average molecular weight is 273 g/mol. The van der Waals surface area contributed by atoms with Gasteiger partial charge in [0.05, 0.1) is 16.1 Å². The van der Waals surface area contributed by atoms with Gasteiger partial charge in [-0.3, -0.25) is 0 Å². The highest BCUT2D eigenvalue weighted by atomic mass is 35.5. The number of thiazole rings is 1. The van der Waals surface area contributed by atoms with Crippen LogP contribution in [0.2, 0.25) is 10.0 Å². The first-order valence-corrected chi connectivity index (χ1v) is 6.41. The molecule has 0 radical (unpaired) electrons. The first-order valence-electron chi connectivity index (χ1n) is 4.78. The van der Waals surface area contributed by atoms with Crippen LogP contribution >= 0.6 is 34.5 Å². The van der Waals surface area contributed by atoms with E-state index in [1.165, 1.54) is 0 Å². The summed E-state index contributed by atoms with van der Waals surface area (Å²) in [7, 11) is 0. The molecule has 16 heavy (non-hydrogen) atoms. The van der Waals surface area contributed by atoms with Gasteiger partial charge in [-0.25, -0.2) is 4.98 Å². The van der Waals surface area contributed by atoms with E-state index in [9.17, 15) is 0 Å². The molecular formula is C11H10Cl2N2S. The van der Waals surface area contributed by atoms with Crippen LogP contribution in [0.15, 0.2) is 29.8 Å². The van der Waals surface area contributed by atoms with Gasteiger partial charge < -0.3 is 5.32 Å². The highest BCUT2D eigenvalue weighted by Gasteiger charge is 2.08. The van der Waals surface area contributed by atoms with Gasteiger partial charge in [-0.15, -0.1) is 11.3 Å². The minimum atomic E-state index is 0.164. The van der Waals surface area contributed by atoms with E-state index in [0.29, 0.717) is 10.0 Å². The van der Waals surface area contributed by atoms with Gasteiger partial charge in [0.1, 0.15) is 5.01 Å². The van der Waals surface area contributed by atoms with Crippen molar-refractivity contribution in [3.05, 3.63) is 44.8 Å². The summed E-state index contributed by atoms with van der Waals surface area (Å²) in [6.07, 6.45) is 1.80. The Kier molecular flexibility index (Phi) is 3.69. The summed E-state index contributed by atoms with van der Waals surface area (Å²) in [6.45, 7) is 2.06. The van der Waals surface area contributed by atoms with E-state index in [0.717, 1.165) is 10.7 Å². The van der Waals surface area contributed by atoms with Crippen molar-refractivity contribution in [3.63, 3.8) is 0 Å². The summed E-state index contributed by atoms with van der Waals surface area (Å²) in [5, 5.41) is 7.44. The normalized spacial score (nSPS) is 12.4. The Morgan fingerprint density at radius 1 is 1.31 bits per heavy atom. The largest absolute Gasteiger partial charge is 0.376 e. The minimum absolute atomic E-state index is 0.164. The van der Waals surface area contributed by atoms with E-state index in [1.54, 1.807) is 23.6 Å². The first kappa shape index (κ1) is 11.7. The van der Waals surface area contributed by atoms with Crippen LogP contribution in [0.5, 0.6) is 0 Å². The third-order valence-corrected chi connectivity index (χ3v) is 3.82. The molecule has 1 heterocycles. The molecule has 1 atom stereocenters. The second-order valence-corrected chi connectivity index (χ2v) is 5.11. The van der Waals surface area contributed by atoms with Crippen LogP contribution < -0.4 is 5.32 Å². The van der Waals surface area contributed by atoms with E-state index in [2.05, 4.69) is 17.2 Å². The van der Waals surface area contributed by atoms with Gasteiger partial charge in [0.25, 0.3) is 0 Å². The van der Waals surface area contributed by atoms with Crippen LogP contribution in [0.3, 0.4) is 0 Å². The first-order chi connectivity index (χ1) is 7.66. The lowest BCUT2D eigenvalue weighted by Crippen LogP contribution is -2.05. The van der Waals surface area contributed by atoms with E-state index in [-0.39, 0.29) is 6.04 Å². The molecule has 0 saturated heterocycles. The molecule has 2 aromatic rings. The van der Waals surface area contributed by atoms with Crippen molar-refractivity contribution >= 4 is 40.2 Å². The monoisotopic (exact) mass is 272 g/mol. The Labute approximate surface area is 108 Å². The Balaban J connectivity index is 2.12. The third-order valence-electron chi connectivity index (χ3n) is 2.12. The molecular weight excluding hydrogens is 263 g/mol. The fourth-order valence-corrected chi connectivity index (χ4v) is 2.29. The number of benzene rings is 1. The molecule has 84 valence electrons. The second kappa shape index (κ2) is 5.04. The van der Waals surface area contributed by atoms with Crippen molar-refractivity contribution in [1.29, 1.82) is 0 Å². The Morgan fingerprint density at radius 2 is 2.12 bits per heavy atom. The van der Waals surface area contributed by atoms with Crippen molar-refractivity contribution in [1.82, 2.24) is 4.98 Å². The number of rotatable bonds is 3. The molecule has 2 nitrogen and oxygen atoms in total. The summed E-state index contributed by atoms with van der Waals surface area (Å²) in [6, 6.07) is 5.66. The third kappa shape index (κ3) is 2.67. The van der Waals surface area contributed by atoms with Crippen LogP contribution in [0.25, 0.3) is 0 Å². The maximum absolute atomic E-state index is 5.94. The van der Waals surface area contributed by atoms with E-state index in [4.69, 9.17) is 23.2 Å². The number of nitrogens with one attached hydrogen (secondary N) is 1. The Morgan fingerprint density at radius 3 is 2.75 bits per heavy atom. The molecule has 1 aromatic carbocycles. The van der Waals surface area contributed by atoms with Crippen molar-refractivity contribution in [3.8, 4) is 0 Å². The molecule has 0 amide bonds. The maximum Gasteiger partial charge on any atom is 0.115 e. The lowest BCUT2D eigenvalue weighted by molar-refractivity contribution is 0.870. The predicted octanol–water partition coefficient (Wildman–Crippen LogP) is 4.62. The molecule has 1 aromatic heterocycles. The Bertz CT molecular complexity index is 471. The maximum atomic E-state index is 5.94. The molecule has 5 heteroatoms. The van der Waals surface area contributed by atoms with Crippen LogP contribution in [0.4, 0.5) is 5.69 Å². The van der Waals surface area contributed by atoms with Crippen molar-refractivity contribution < 1.29 is 0 Å². The summed E-state index contributed by atoms with van der Waals surface area (Å²) in [5.41, 5.74) is 0.942. The van der Waals surface area contributed by atoms with Gasteiger partial charge in [0.15, 0.2) is 0 Å². The van der Waals surface area contributed by atoms with Crippen LogP contribution in [-0.2, 0) is 0 Å². The topological polar surface area (TPSA) is 24.9 Å². The summed E-state index contributed by atoms with van der Waals surface area (Å²) < 4.78 is 0. The van der Waals surface area contributed by atoms with Crippen LogP contribution in [-0.4, -0.2) is 4.98 Å². The molecule has 1 N–H and O–H groups in total. The number of hydrogen-bond acceptors (Lipinski definition) is 3. The van der Waals surface area contributed by atoms with E-state index in [1.807, 2.05) is 17.5 Å². The predicted molar refractivity (Wildman–Crippen MR) is 70.6 cm³/mol. The quantitative estimate of drug-likeness (QED) is 0.882. The van der Waals surface area contributed by atoms with Gasteiger partial charge in [0, 0.05) is 17.3 Å². The van der Waals surface area contributed by atoms with Crippen molar-refractivity contribution in [2.45, 2.75) is 13.0 Å². The molecule has 1 unspecified atom stereocenters. The molecule has 0 spiro atoms. The fraction of sp³-hybridized carbons (Fsp3) is 0.182. The molecule has 0 aliphatic carbocycles. The van der Waals surface area contributed by atoms with Gasteiger partial charge >= 0.3 is 0 Å². The van der Waals surface area contributed by atoms with Crippen LogP contribution in [0, 0.1) is 0 Å². The van der Waals surface area contributed by atoms with Gasteiger partial charge in [0.2, 0.25) is 0 Å². The molecule has 0 saturated carbocycles. The average Bonchev–Trinajstić information content (AvgIpc) is 2.77. The number of halogens is 2. The molecule has 0 aliphatic rings. The van der Waals surface area contributed by atoms with Crippen LogP contribution in [0.1, 0.15) is 18.0 Å². The molecule has 2 rings (SSSR count). The van der Waals surface area contributed by atoms with Gasteiger partial charge in [-0.05, 0) is 25.1 Å².